The lowest BCUT2D eigenvalue weighted by atomic mass is 10.1. The van der Waals surface area contributed by atoms with Gasteiger partial charge in [0.25, 0.3) is 0 Å². The molecule has 122 valence electrons. The average molecular weight is 316 g/mol. The first kappa shape index (κ1) is 16.5. The van der Waals surface area contributed by atoms with E-state index in [4.69, 9.17) is 9.47 Å². The lowest BCUT2D eigenvalue weighted by molar-refractivity contribution is 0.252. The number of aromatic hydroxyl groups is 1. The predicted octanol–water partition coefficient (Wildman–Crippen LogP) is 2.77. The molecule has 0 radical (unpaired) electrons. The van der Waals surface area contributed by atoms with Crippen LogP contribution in [0.5, 0.6) is 17.2 Å². The molecule has 0 saturated carbocycles. The van der Waals surface area contributed by atoms with Crippen molar-refractivity contribution in [3.05, 3.63) is 48.0 Å². The Morgan fingerprint density at radius 3 is 2.39 bits per heavy atom. The van der Waals surface area contributed by atoms with Crippen LogP contribution >= 0.6 is 0 Å². The molecule has 0 spiro atoms. The summed E-state index contributed by atoms with van der Waals surface area (Å²) in [5.41, 5.74) is 1.65. The third kappa shape index (κ3) is 4.81. The van der Waals surface area contributed by atoms with Gasteiger partial charge >= 0.3 is 6.03 Å². The number of phenolic OH excluding ortho intramolecular Hbond substituents is 1. The Labute approximate surface area is 135 Å². The van der Waals surface area contributed by atoms with Crippen molar-refractivity contribution in [1.29, 1.82) is 0 Å². The van der Waals surface area contributed by atoms with Crippen LogP contribution in [-0.2, 0) is 6.42 Å². The number of amides is 2. The number of nitrogens with one attached hydrogen (secondary N) is 2. The molecule has 0 atom stereocenters. The van der Waals surface area contributed by atoms with Crippen LogP contribution in [0.2, 0.25) is 0 Å². The standard InChI is InChI=1S/C17H20N2O4/c1-22-15-8-3-12(11-16(15)23-2)9-10-18-17(21)19-13-4-6-14(20)7-5-13/h3-8,11,20H,9-10H2,1-2H3,(H2,18,19,21). The second kappa shape index (κ2) is 7.93. The molecule has 0 heterocycles. The summed E-state index contributed by atoms with van der Waals surface area (Å²) in [6, 6.07) is 11.6. The van der Waals surface area contributed by atoms with Gasteiger partial charge in [0, 0.05) is 12.2 Å². The molecular weight excluding hydrogens is 296 g/mol. The summed E-state index contributed by atoms with van der Waals surface area (Å²) in [5.74, 6) is 1.50. The zero-order valence-corrected chi connectivity index (χ0v) is 13.1. The molecule has 0 aromatic heterocycles. The van der Waals surface area contributed by atoms with Crippen molar-refractivity contribution in [2.75, 3.05) is 26.1 Å². The molecule has 2 aromatic carbocycles. The number of ether oxygens (including phenoxy) is 2. The van der Waals surface area contributed by atoms with Gasteiger partial charge in [0.1, 0.15) is 5.75 Å². The minimum absolute atomic E-state index is 0.157. The second-order valence-electron chi connectivity index (χ2n) is 4.87. The van der Waals surface area contributed by atoms with E-state index in [-0.39, 0.29) is 11.8 Å². The number of hydrogen-bond acceptors (Lipinski definition) is 4. The number of phenols is 1. The monoisotopic (exact) mass is 316 g/mol. The molecule has 0 bridgehead atoms. The summed E-state index contributed by atoms with van der Waals surface area (Å²) in [6.45, 7) is 0.486. The van der Waals surface area contributed by atoms with Gasteiger partial charge in [-0.05, 0) is 48.4 Å². The van der Waals surface area contributed by atoms with E-state index in [9.17, 15) is 9.90 Å². The Hall–Kier alpha value is -2.89. The van der Waals surface area contributed by atoms with E-state index >= 15 is 0 Å². The highest BCUT2D eigenvalue weighted by Crippen LogP contribution is 2.27. The van der Waals surface area contributed by atoms with Crippen LogP contribution in [0.1, 0.15) is 5.56 Å². The molecule has 0 unspecified atom stereocenters. The second-order valence-corrected chi connectivity index (χ2v) is 4.87. The molecule has 23 heavy (non-hydrogen) atoms. The van der Waals surface area contributed by atoms with Crippen molar-refractivity contribution in [2.24, 2.45) is 0 Å². The summed E-state index contributed by atoms with van der Waals surface area (Å²) < 4.78 is 10.4. The summed E-state index contributed by atoms with van der Waals surface area (Å²) >= 11 is 0. The average Bonchev–Trinajstić information content (AvgIpc) is 2.56. The van der Waals surface area contributed by atoms with E-state index in [0.29, 0.717) is 30.2 Å². The fourth-order valence-electron chi connectivity index (χ4n) is 2.08. The molecule has 6 nitrogen and oxygen atoms in total. The highest BCUT2D eigenvalue weighted by molar-refractivity contribution is 5.89. The van der Waals surface area contributed by atoms with E-state index in [0.717, 1.165) is 5.56 Å². The van der Waals surface area contributed by atoms with Gasteiger partial charge in [-0.15, -0.1) is 0 Å². The van der Waals surface area contributed by atoms with Gasteiger partial charge in [0.2, 0.25) is 0 Å². The van der Waals surface area contributed by atoms with Gasteiger partial charge in [0.15, 0.2) is 11.5 Å². The Kier molecular flexibility index (Phi) is 5.68. The van der Waals surface area contributed by atoms with Gasteiger partial charge in [-0.1, -0.05) is 6.07 Å². The Morgan fingerprint density at radius 2 is 1.74 bits per heavy atom. The predicted molar refractivity (Wildman–Crippen MR) is 88.4 cm³/mol. The van der Waals surface area contributed by atoms with E-state index in [1.807, 2.05) is 18.2 Å². The molecular formula is C17H20N2O4. The molecule has 2 amide bonds. The minimum Gasteiger partial charge on any atom is -0.508 e. The van der Waals surface area contributed by atoms with Crippen molar-refractivity contribution >= 4 is 11.7 Å². The first-order valence-corrected chi connectivity index (χ1v) is 7.17. The fourth-order valence-corrected chi connectivity index (χ4v) is 2.08. The van der Waals surface area contributed by atoms with Crippen molar-refractivity contribution in [3.8, 4) is 17.2 Å². The van der Waals surface area contributed by atoms with E-state index in [1.165, 1.54) is 12.1 Å². The molecule has 0 aliphatic rings. The number of methoxy groups -OCH3 is 2. The number of benzene rings is 2. The van der Waals surface area contributed by atoms with E-state index < -0.39 is 0 Å². The number of hydrogen-bond donors (Lipinski definition) is 3. The zero-order chi connectivity index (χ0) is 16.7. The maximum absolute atomic E-state index is 11.8. The van der Waals surface area contributed by atoms with Crippen LogP contribution in [0.15, 0.2) is 42.5 Å². The van der Waals surface area contributed by atoms with Crippen LogP contribution in [0.3, 0.4) is 0 Å². The SMILES string of the molecule is COc1ccc(CCNC(=O)Nc2ccc(O)cc2)cc1OC. The third-order valence-corrected chi connectivity index (χ3v) is 3.27. The number of urea groups is 1. The summed E-state index contributed by atoms with van der Waals surface area (Å²) in [7, 11) is 3.18. The normalized spacial score (nSPS) is 10.0. The highest BCUT2D eigenvalue weighted by atomic mass is 16.5. The number of rotatable bonds is 6. The topological polar surface area (TPSA) is 79.8 Å². The minimum atomic E-state index is -0.295. The van der Waals surface area contributed by atoms with Gasteiger partial charge < -0.3 is 25.2 Å². The van der Waals surface area contributed by atoms with Crippen LogP contribution in [0.25, 0.3) is 0 Å². The zero-order valence-electron chi connectivity index (χ0n) is 13.1. The molecule has 2 rings (SSSR count). The third-order valence-electron chi connectivity index (χ3n) is 3.27. The van der Waals surface area contributed by atoms with Gasteiger partial charge in [-0.3, -0.25) is 0 Å². The van der Waals surface area contributed by atoms with Crippen molar-refractivity contribution in [3.63, 3.8) is 0 Å². The maximum atomic E-state index is 11.8. The first-order valence-electron chi connectivity index (χ1n) is 7.17. The van der Waals surface area contributed by atoms with Crippen LogP contribution in [0, 0.1) is 0 Å². The Bertz CT molecular complexity index is 656. The number of anilines is 1. The van der Waals surface area contributed by atoms with Crippen LogP contribution in [-0.4, -0.2) is 31.9 Å². The highest BCUT2D eigenvalue weighted by Gasteiger charge is 2.05. The Morgan fingerprint density at radius 1 is 1.04 bits per heavy atom. The van der Waals surface area contributed by atoms with Crippen LogP contribution in [0.4, 0.5) is 10.5 Å². The molecule has 0 aliphatic carbocycles. The van der Waals surface area contributed by atoms with Gasteiger partial charge in [-0.25, -0.2) is 4.79 Å². The first-order chi connectivity index (χ1) is 11.1. The van der Waals surface area contributed by atoms with Gasteiger partial charge in [-0.2, -0.15) is 0 Å². The lowest BCUT2D eigenvalue weighted by Gasteiger charge is -2.10. The smallest absolute Gasteiger partial charge is 0.319 e. The molecule has 0 fully saturated rings. The lowest BCUT2D eigenvalue weighted by Crippen LogP contribution is -2.30. The van der Waals surface area contributed by atoms with Crippen molar-refractivity contribution < 1.29 is 19.4 Å². The maximum Gasteiger partial charge on any atom is 0.319 e. The molecule has 3 N–H and O–H groups in total. The van der Waals surface area contributed by atoms with Crippen LogP contribution < -0.4 is 20.1 Å². The molecule has 6 heteroatoms. The molecule has 0 saturated heterocycles. The summed E-state index contributed by atoms with van der Waals surface area (Å²) in [5, 5.41) is 14.7. The van der Waals surface area contributed by atoms with Gasteiger partial charge in [0.05, 0.1) is 14.2 Å². The van der Waals surface area contributed by atoms with E-state index in [2.05, 4.69) is 10.6 Å². The Balaban J connectivity index is 1.82. The summed E-state index contributed by atoms with van der Waals surface area (Å²) in [4.78, 5) is 11.8. The van der Waals surface area contributed by atoms with Crippen molar-refractivity contribution in [1.82, 2.24) is 5.32 Å². The molecule has 2 aromatic rings. The number of carbonyl (C=O) groups excluding carboxylic acids is 1. The largest absolute Gasteiger partial charge is 0.508 e. The van der Waals surface area contributed by atoms with E-state index in [1.54, 1.807) is 26.4 Å². The summed E-state index contributed by atoms with van der Waals surface area (Å²) in [6.07, 6.45) is 0.670. The van der Waals surface area contributed by atoms with Crippen molar-refractivity contribution in [2.45, 2.75) is 6.42 Å². The quantitative estimate of drug-likeness (QED) is 0.716. The molecule has 0 aliphatic heterocycles. The number of carbonyl (C=O) groups is 1. The fraction of sp³-hybridized carbons (Fsp3) is 0.235.